The van der Waals surface area contributed by atoms with Gasteiger partial charge in [0.1, 0.15) is 5.75 Å². The molecule has 0 aliphatic heterocycles. The summed E-state index contributed by atoms with van der Waals surface area (Å²) in [7, 11) is 1.77. The zero-order chi connectivity index (χ0) is 19.0. The number of ether oxygens (including phenoxy) is 3. The largest absolute Gasteiger partial charge is 0.494 e. The van der Waals surface area contributed by atoms with E-state index in [0.717, 1.165) is 36.7 Å². The van der Waals surface area contributed by atoms with Crippen LogP contribution in [-0.2, 0) is 16.0 Å². The Balaban J connectivity index is 0.00000676. The van der Waals surface area contributed by atoms with Crippen LogP contribution in [0.15, 0.2) is 23.2 Å². The molecule has 1 aromatic rings. The van der Waals surface area contributed by atoms with Gasteiger partial charge < -0.3 is 24.8 Å². The summed E-state index contributed by atoms with van der Waals surface area (Å²) in [4.78, 5) is 4.23. The third kappa shape index (κ3) is 12.1. The summed E-state index contributed by atoms with van der Waals surface area (Å²) in [5.41, 5.74) is 2.33. The molecule has 0 aromatic heterocycles. The van der Waals surface area contributed by atoms with E-state index in [-0.39, 0.29) is 24.0 Å². The first kappa shape index (κ1) is 25.9. The van der Waals surface area contributed by atoms with Crippen LogP contribution in [0.4, 0.5) is 0 Å². The zero-order valence-corrected chi connectivity index (χ0v) is 19.5. The summed E-state index contributed by atoms with van der Waals surface area (Å²) in [5.74, 6) is 1.70. The Hall–Kier alpha value is -1.06. The van der Waals surface area contributed by atoms with E-state index in [1.54, 1.807) is 7.05 Å². The molecule has 0 bridgehead atoms. The van der Waals surface area contributed by atoms with Crippen molar-refractivity contribution in [1.82, 2.24) is 10.6 Å². The van der Waals surface area contributed by atoms with Crippen LogP contribution in [0.1, 0.15) is 37.8 Å². The standard InChI is InChI=1S/C20H35N3O3.HI/c1-5-7-11-24-13-14-25-12-10-22-20(21-4)23-16-18-8-9-19(26-6-2)17(3)15-18;/h8-9,15H,5-7,10-14,16H2,1-4H3,(H2,21,22,23);1H. The summed E-state index contributed by atoms with van der Waals surface area (Å²) < 4.78 is 16.6. The molecule has 1 rings (SSSR count). The van der Waals surface area contributed by atoms with Crippen LogP contribution in [0, 0.1) is 6.92 Å². The highest BCUT2D eigenvalue weighted by Crippen LogP contribution is 2.18. The predicted molar refractivity (Wildman–Crippen MR) is 123 cm³/mol. The average Bonchev–Trinajstić information content (AvgIpc) is 2.65. The fourth-order valence-electron chi connectivity index (χ4n) is 2.36. The highest BCUT2D eigenvalue weighted by molar-refractivity contribution is 14.0. The van der Waals surface area contributed by atoms with Gasteiger partial charge >= 0.3 is 0 Å². The average molecular weight is 493 g/mol. The van der Waals surface area contributed by atoms with Crippen molar-refractivity contribution in [3.8, 4) is 5.75 Å². The smallest absolute Gasteiger partial charge is 0.191 e. The lowest BCUT2D eigenvalue weighted by Gasteiger charge is -2.13. The molecule has 0 aliphatic carbocycles. The van der Waals surface area contributed by atoms with Crippen molar-refractivity contribution in [1.29, 1.82) is 0 Å². The molecule has 0 heterocycles. The molecule has 2 N–H and O–H groups in total. The third-order valence-electron chi connectivity index (χ3n) is 3.78. The Bertz CT molecular complexity index is 527. The molecule has 27 heavy (non-hydrogen) atoms. The van der Waals surface area contributed by atoms with Crippen LogP contribution >= 0.6 is 24.0 Å². The van der Waals surface area contributed by atoms with Gasteiger partial charge in [0.15, 0.2) is 5.96 Å². The molecule has 0 aliphatic rings. The molecule has 0 fully saturated rings. The number of halogens is 1. The summed E-state index contributed by atoms with van der Waals surface area (Å²) in [6, 6.07) is 6.22. The lowest BCUT2D eigenvalue weighted by molar-refractivity contribution is 0.0487. The van der Waals surface area contributed by atoms with E-state index in [9.17, 15) is 0 Å². The van der Waals surface area contributed by atoms with Crippen LogP contribution in [0.25, 0.3) is 0 Å². The van der Waals surface area contributed by atoms with Gasteiger partial charge in [-0.3, -0.25) is 4.99 Å². The maximum Gasteiger partial charge on any atom is 0.191 e. The van der Waals surface area contributed by atoms with Gasteiger partial charge in [-0.15, -0.1) is 24.0 Å². The minimum atomic E-state index is 0. The van der Waals surface area contributed by atoms with Crippen LogP contribution in [-0.4, -0.2) is 52.6 Å². The Morgan fingerprint density at radius 3 is 2.41 bits per heavy atom. The van der Waals surface area contributed by atoms with E-state index in [4.69, 9.17) is 14.2 Å². The first-order valence-electron chi connectivity index (χ1n) is 9.53. The van der Waals surface area contributed by atoms with Gasteiger partial charge in [0.2, 0.25) is 0 Å². The van der Waals surface area contributed by atoms with Gasteiger partial charge in [0.05, 0.1) is 26.4 Å². The number of aryl methyl sites for hydroxylation is 1. The Labute approximate surface area is 181 Å². The van der Waals surface area contributed by atoms with Crippen molar-refractivity contribution < 1.29 is 14.2 Å². The third-order valence-corrected chi connectivity index (χ3v) is 3.78. The lowest BCUT2D eigenvalue weighted by atomic mass is 10.1. The van der Waals surface area contributed by atoms with E-state index < -0.39 is 0 Å². The molecule has 0 saturated carbocycles. The molecular weight excluding hydrogens is 457 g/mol. The Morgan fingerprint density at radius 1 is 1.04 bits per heavy atom. The number of nitrogens with one attached hydrogen (secondary N) is 2. The number of guanidine groups is 1. The summed E-state index contributed by atoms with van der Waals surface area (Å²) in [6.45, 7) is 11.0. The molecule has 6 nitrogen and oxygen atoms in total. The summed E-state index contributed by atoms with van der Waals surface area (Å²) in [5, 5.41) is 6.55. The lowest BCUT2D eigenvalue weighted by Crippen LogP contribution is -2.38. The second-order valence-electron chi connectivity index (χ2n) is 5.96. The molecule has 0 atom stereocenters. The van der Waals surface area contributed by atoms with Gasteiger partial charge in [0.25, 0.3) is 0 Å². The number of aliphatic imine (C=N–C) groups is 1. The van der Waals surface area contributed by atoms with Gasteiger partial charge in [-0.1, -0.05) is 25.5 Å². The molecule has 0 amide bonds. The highest BCUT2D eigenvalue weighted by Gasteiger charge is 2.02. The summed E-state index contributed by atoms with van der Waals surface area (Å²) in [6.07, 6.45) is 2.27. The van der Waals surface area contributed by atoms with E-state index in [1.807, 2.05) is 13.0 Å². The summed E-state index contributed by atoms with van der Waals surface area (Å²) >= 11 is 0. The number of unbranched alkanes of at least 4 members (excludes halogenated alkanes) is 1. The predicted octanol–water partition coefficient (Wildman–Crippen LogP) is 3.51. The first-order chi connectivity index (χ1) is 12.7. The fourth-order valence-corrected chi connectivity index (χ4v) is 2.36. The molecule has 0 spiro atoms. The van der Waals surface area contributed by atoms with Crippen molar-refractivity contribution >= 4 is 29.9 Å². The molecule has 0 saturated heterocycles. The fraction of sp³-hybridized carbons (Fsp3) is 0.650. The van der Waals surface area contributed by atoms with Crippen LogP contribution < -0.4 is 15.4 Å². The zero-order valence-electron chi connectivity index (χ0n) is 17.2. The molecular formula is C20H36IN3O3. The monoisotopic (exact) mass is 493 g/mol. The second-order valence-corrected chi connectivity index (χ2v) is 5.96. The van der Waals surface area contributed by atoms with Crippen LogP contribution in [0.3, 0.4) is 0 Å². The maximum atomic E-state index is 5.57. The Morgan fingerprint density at radius 2 is 1.78 bits per heavy atom. The normalized spacial score (nSPS) is 11.0. The minimum Gasteiger partial charge on any atom is -0.494 e. The minimum absolute atomic E-state index is 0. The van der Waals surface area contributed by atoms with Crippen molar-refractivity contribution in [3.63, 3.8) is 0 Å². The number of hydrogen-bond donors (Lipinski definition) is 2. The van der Waals surface area contributed by atoms with Gasteiger partial charge in [-0.2, -0.15) is 0 Å². The molecule has 1 aromatic carbocycles. The van der Waals surface area contributed by atoms with Gasteiger partial charge in [0, 0.05) is 26.7 Å². The van der Waals surface area contributed by atoms with Crippen molar-refractivity contribution in [2.75, 3.05) is 46.6 Å². The molecule has 156 valence electrons. The quantitative estimate of drug-likeness (QED) is 0.191. The Kier molecular flexibility index (Phi) is 16.4. The van der Waals surface area contributed by atoms with E-state index in [2.05, 4.69) is 41.6 Å². The second kappa shape index (κ2) is 17.1. The highest BCUT2D eigenvalue weighted by atomic mass is 127. The van der Waals surface area contributed by atoms with Crippen LogP contribution in [0.5, 0.6) is 5.75 Å². The number of rotatable bonds is 13. The maximum absolute atomic E-state index is 5.57. The van der Waals surface area contributed by atoms with Crippen LogP contribution in [0.2, 0.25) is 0 Å². The van der Waals surface area contributed by atoms with E-state index in [1.165, 1.54) is 5.56 Å². The first-order valence-corrected chi connectivity index (χ1v) is 9.53. The number of hydrogen-bond acceptors (Lipinski definition) is 4. The number of benzene rings is 1. The molecule has 0 unspecified atom stereocenters. The van der Waals surface area contributed by atoms with Crippen molar-refractivity contribution in [2.45, 2.75) is 40.2 Å². The van der Waals surface area contributed by atoms with Crippen molar-refractivity contribution in [2.24, 2.45) is 4.99 Å². The SMILES string of the molecule is CCCCOCCOCCNC(=NC)NCc1ccc(OCC)c(C)c1.I. The van der Waals surface area contributed by atoms with Gasteiger partial charge in [-0.25, -0.2) is 0 Å². The number of nitrogens with zero attached hydrogens (tertiary/aromatic N) is 1. The topological polar surface area (TPSA) is 64.1 Å². The molecule has 7 heteroatoms. The molecule has 0 radical (unpaired) electrons. The van der Waals surface area contributed by atoms with Gasteiger partial charge in [-0.05, 0) is 37.5 Å². The van der Waals surface area contributed by atoms with E-state index in [0.29, 0.717) is 39.5 Å². The van der Waals surface area contributed by atoms with E-state index >= 15 is 0 Å². The van der Waals surface area contributed by atoms with Crippen molar-refractivity contribution in [3.05, 3.63) is 29.3 Å².